The van der Waals surface area contributed by atoms with Crippen LogP contribution in [0.1, 0.15) is 35.1 Å². The van der Waals surface area contributed by atoms with Gasteiger partial charge in [0.05, 0.1) is 36.9 Å². The van der Waals surface area contributed by atoms with E-state index in [-0.39, 0.29) is 18.7 Å². The molecule has 3 aromatic carbocycles. The summed E-state index contributed by atoms with van der Waals surface area (Å²) in [6, 6.07) is 27.0. The number of rotatable bonds is 5. The Morgan fingerprint density at radius 2 is 1.72 bits per heavy atom. The number of amides is 1. The molecule has 1 heterocycles. The Hall–Kier alpha value is -4.90. The predicted molar refractivity (Wildman–Crippen MR) is 143 cm³/mol. The third-order valence-electron chi connectivity index (χ3n) is 7.42. The van der Waals surface area contributed by atoms with Crippen molar-refractivity contribution in [2.75, 3.05) is 11.5 Å². The lowest BCUT2D eigenvalue weighted by Crippen LogP contribution is -2.52. The number of nitrogens with zero attached hydrogens (tertiary/aromatic N) is 4. The van der Waals surface area contributed by atoms with E-state index in [0.29, 0.717) is 27.4 Å². The molecule has 2 aliphatic rings. The van der Waals surface area contributed by atoms with Gasteiger partial charge < -0.3 is 9.64 Å². The molecule has 1 aliphatic carbocycles. The van der Waals surface area contributed by atoms with Crippen molar-refractivity contribution in [3.63, 3.8) is 0 Å². The van der Waals surface area contributed by atoms with Crippen LogP contribution in [0.5, 0.6) is 0 Å². The summed E-state index contributed by atoms with van der Waals surface area (Å²) in [5.41, 5.74) is -1.28. The van der Waals surface area contributed by atoms with Crippen molar-refractivity contribution in [3.05, 3.63) is 112 Å². The van der Waals surface area contributed by atoms with Crippen LogP contribution < -0.4 is 4.90 Å². The third kappa shape index (κ3) is 3.69. The van der Waals surface area contributed by atoms with E-state index >= 15 is 0 Å². The molecule has 5 rings (SSSR count). The van der Waals surface area contributed by atoms with Crippen LogP contribution in [0.2, 0.25) is 5.02 Å². The molecular weight excluding hydrogens is 512 g/mol. The van der Waals surface area contributed by atoms with Crippen molar-refractivity contribution < 1.29 is 14.3 Å². The maximum absolute atomic E-state index is 14.8. The largest absolute Gasteiger partial charge is 0.463 e. The highest BCUT2D eigenvalue weighted by atomic mass is 35.5. The second kappa shape index (κ2) is 9.76. The van der Waals surface area contributed by atoms with Crippen molar-refractivity contribution in [1.29, 1.82) is 15.8 Å². The van der Waals surface area contributed by atoms with Crippen LogP contribution in [-0.2, 0) is 26.3 Å². The molecule has 39 heavy (non-hydrogen) atoms. The fourth-order valence-corrected chi connectivity index (χ4v) is 5.98. The molecule has 0 radical (unpaired) electrons. The average Bonchev–Trinajstić information content (AvgIpc) is 3.40. The average molecular weight is 533 g/mol. The van der Waals surface area contributed by atoms with Crippen molar-refractivity contribution in [2.45, 2.75) is 24.8 Å². The van der Waals surface area contributed by atoms with Gasteiger partial charge in [0.2, 0.25) is 5.91 Å². The molecule has 1 aliphatic heterocycles. The first-order valence-corrected chi connectivity index (χ1v) is 12.6. The van der Waals surface area contributed by atoms with E-state index in [1.807, 2.05) is 30.3 Å². The summed E-state index contributed by atoms with van der Waals surface area (Å²) in [5.74, 6) is -2.29. The number of nitriles is 3. The van der Waals surface area contributed by atoms with E-state index in [4.69, 9.17) is 16.3 Å². The van der Waals surface area contributed by atoms with Gasteiger partial charge in [-0.1, -0.05) is 54.1 Å². The van der Waals surface area contributed by atoms with Gasteiger partial charge in [-0.05, 0) is 60.0 Å². The fourth-order valence-electron chi connectivity index (χ4n) is 5.81. The Bertz CT molecular complexity index is 1630. The summed E-state index contributed by atoms with van der Waals surface area (Å²) >= 11 is 6.46. The van der Waals surface area contributed by atoms with Gasteiger partial charge in [-0.3, -0.25) is 4.79 Å². The lowest BCUT2D eigenvalue weighted by molar-refractivity contribution is -0.139. The molecule has 0 aromatic heterocycles. The minimum Gasteiger partial charge on any atom is -0.463 e. The van der Waals surface area contributed by atoms with Crippen LogP contribution in [0.4, 0.5) is 5.69 Å². The molecule has 0 saturated carbocycles. The molecule has 0 bridgehead atoms. The summed E-state index contributed by atoms with van der Waals surface area (Å²) in [6.07, 6.45) is 1.28. The SMILES string of the molecule is CCOC(=O)C1=CC(C#N)(C#N)[C@@]2(C(=O)N(Cc3ccccc3)c3ccc(Cl)cc32)[C@H]1c1ccc(C#N)cc1. The first kappa shape index (κ1) is 25.7. The highest BCUT2D eigenvalue weighted by molar-refractivity contribution is 6.31. The molecule has 1 amide bonds. The van der Waals surface area contributed by atoms with Crippen LogP contribution in [-0.4, -0.2) is 18.5 Å². The summed E-state index contributed by atoms with van der Waals surface area (Å²) < 4.78 is 5.35. The minimum absolute atomic E-state index is 0.0329. The van der Waals surface area contributed by atoms with Gasteiger partial charge in [0.15, 0.2) is 5.41 Å². The molecular formula is C31H21ClN4O3. The van der Waals surface area contributed by atoms with E-state index < -0.39 is 28.6 Å². The number of fused-ring (bicyclic) bond motifs is 2. The monoisotopic (exact) mass is 532 g/mol. The smallest absolute Gasteiger partial charge is 0.334 e. The molecule has 0 unspecified atom stereocenters. The van der Waals surface area contributed by atoms with Crippen LogP contribution in [0, 0.1) is 39.4 Å². The maximum atomic E-state index is 14.8. The van der Waals surface area contributed by atoms with Crippen LogP contribution in [0.25, 0.3) is 0 Å². The van der Waals surface area contributed by atoms with E-state index in [2.05, 4.69) is 18.2 Å². The molecule has 0 fully saturated rings. The normalized spacial score (nSPS) is 20.5. The Balaban J connectivity index is 1.84. The first-order chi connectivity index (χ1) is 18.9. The van der Waals surface area contributed by atoms with Crippen molar-refractivity contribution in [2.24, 2.45) is 5.41 Å². The number of benzene rings is 3. The number of carbonyl (C=O) groups is 2. The predicted octanol–water partition coefficient (Wildman–Crippen LogP) is 5.32. The highest BCUT2D eigenvalue weighted by Gasteiger charge is 2.72. The van der Waals surface area contributed by atoms with Crippen LogP contribution in [0.15, 0.2) is 84.4 Å². The number of carbonyl (C=O) groups excluding carboxylic acids is 2. The Kier molecular flexibility index (Phi) is 6.44. The molecule has 190 valence electrons. The maximum Gasteiger partial charge on any atom is 0.334 e. The van der Waals surface area contributed by atoms with Crippen molar-refractivity contribution in [3.8, 4) is 18.2 Å². The zero-order valence-corrected chi connectivity index (χ0v) is 21.6. The van der Waals surface area contributed by atoms with Gasteiger partial charge in [0.1, 0.15) is 5.41 Å². The second-order valence-electron chi connectivity index (χ2n) is 9.36. The second-order valence-corrected chi connectivity index (χ2v) is 9.80. The van der Waals surface area contributed by atoms with Gasteiger partial charge >= 0.3 is 5.97 Å². The van der Waals surface area contributed by atoms with Crippen molar-refractivity contribution >= 4 is 29.2 Å². The zero-order valence-electron chi connectivity index (χ0n) is 20.9. The lowest BCUT2D eigenvalue weighted by Gasteiger charge is -2.38. The number of anilines is 1. The summed E-state index contributed by atoms with van der Waals surface area (Å²) in [7, 11) is 0. The van der Waals surface area contributed by atoms with Gasteiger partial charge in [-0.15, -0.1) is 0 Å². The Morgan fingerprint density at radius 1 is 1.03 bits per heavy atom. The molecule has 3 aromatic rings. The summed E-state index contributed by atoms with van der Waals surface area (Å²) in [5, 5.41) is 30.8. The topological polar surface area (TPSA) is 118 Å². The van der Waals surface area contributed by atoms with E-state index in [0.717, 1.165) is 5.56 Å². The fraction of sp³-hybridized carbons (Fsp3) is 0.194. The van der Waals surface area contributed by atoms with Gasteiger partial charge in [0, 0.05) is 22.2 Å². The van der Waals surface area contributed by atoms with Crippen LogP contribution >= 0.6 is 11.6 Å². The first-order valence-electron chi connectivity index (χ1n) is 12.2. The standard InChI is InChI=1S/C31H21ClN4O3/c1-2-39-28(37)24-15-30(18-34,19-35)31(27(24)22-10-8-20(16-33)9-11-22)25-14-23(32)12-13-26(25)36(29(31)38)17-21-6-4-3-5-7-21/h3-15,27H,2,17H2,1H3/t27-,31+/m0/s1. The Morgan fingerprint density at radius 3 is 2.33 bits per heavy atom. The van der Waals surface area contributed by atoms with Crippen LogP contribution in [0.3, 0.4) is 0 Å². The number of esters is 1. The molecule has 1 spiro atoms. The number of allylic oxidation sites excluding steroid dienone is 1. The lowest BCUT2D eigenvalue weighted by atomic mass is 9.57. The van der Waals surface area contributed by atoms with E-state index in [9.17, 15) is 25.4 Å². The molecule has 0 saturated heterocycles. The molecule has 7 nitrogen and oxygen atoms in total. The minimum atomic E-state index is -2.06. The zero-order chi connectivity index (χ0) is 27.8. The Labute approximate surface area is 230 Å². The third-order valence-corrected chi connectivity index (χ3v) is 7.65. The van der Waals surface area contributed by atoms with Gasteiger partial charge in [-0.25, -0.2) is 4.79 Å². The van der Waals surface area contributed by atoms with E-state index in [1.165, 1.54) is 6.08 Å². The number of halogens is 1. The highest BCUT2D eigenvalue weighted by Crippen LogP contribution is 2.65. The van der Waals surface area contributed by atoms with Gasteiger partial charge in [0.25, 0.3) is 0 Å². The van der Waals surface area contributed by atoms with E-state index in [1.54, 1.807) is 54.3 Å². The van der Waals surface area contributed by atoms with Crippen molar-refractivity contribution in [1.82, 2.24) is 0 Å². The van der Waals surface area contributed by atoms with Gasteiger partial charge in [-0.2, -0.15) is 15.8 Å². The summed E-state index contributed by atoms with van der Waals surface area (Å²) in [4.78, 5) is 29.7. The number of hydrogen-bond acceptors (Lipinski definition) is 6. The molecule has 8 heteroatoms. The summed E-state index contributed by atoms with van der Waals surface area (Å²) in [6.45, 7) is 1.89. The molecule has 2 atom stereocenters. The number of hydrogen-bond donors (Lipinski definition) is 0. The number of ether oxygens (including phenoxy) is 1. The quantitative estimate of drug-likeness (QED) is 0.410. The molecule has 0 N–H and O–H groups in total.